The van der Waals surface area contributed by atoms with E-state index >= 15 is 0 Å². The van der Waals surface area contributed by atoms with Crippen LogP contribution in [0.5, 0.6) is 0 Å². The fourth-order valence-corrected chi connectivity index (χ4v) is 3.29. The van der Waals surface area contributed by atoms with Crippen LogP contribution >= 0.6 is 0 Å². The molecule has 0 bridgehead atoms. The fraction of sp³-hybridized carbons (Fsp3) is 0.400. The van der Waals surface area contributed by atoms with Crippen LogP contribution in [0.25, 0.3) is 0 Å². The summed E-state index contributed by atoms with van der Waals surface area (Å²) in [6, 6.07) is 9.86. The van der Waals surface area contributed by atoms with E-state index in [-0.39, 0.29) is 17.9 Å². The molecule has 0 radical (unpaired) electrons. The highest BCUT2D eigenvalue weighted by atomic mass is 16.2. The third-order valence-corrected chi connectivity index (χ3v) is 4.89. The van der Waals surface area contributed by atoms with Gasteiger partial charge in [-0.2, -0.15) is 0 Å². The lowest BCUT2D eigenvalue weighted by Crippen LogP contribution is -2.60. The van der Waals surface area contributed by atoms with Gasteiger partial charge in [0.05, 0.1) is 5.56 Å². The number of hydrogen-bond acceptors (Lipinski definition) is 5. The third-order valence-electron chi connectivity index (χ3n) is 4.89. The van der Waals surface area contributed by atoms with Crippen LogP contribution < -0.4 is 5.32 Å². The van der Waals surface area contributed by atoms with Gasteiger partial charge in [-0.1, -0.05) is 30.3 Å². The van der Waals surface area contributed by atoms with Gasteiger partial charge in [0.1, 0.15) is 11.9 Å². The molecule has 1 unspecified atom stereocenters. The molecule has 2 amide bonds. The third kappa shape index (κ3) is 4.68. The Bertz CT molecular complexity index is 779. The Morgan fingerprint density at radius 2 is 1.85 bits per heavy atom. The molecule has 142 valence electrons. The molecule has 2 heterocycles. The molecular weight excluding hydrogens is 342 g/mol. The SMILES string of the molecule is CNC(=O)C1CN(C(=O)c2cnc(C)nc2)CCN1CCc1ccccc1. The molecule has 1 aliphatic rings. The molecule has 1 aliphatic heterocycles. The average Bonchev–Trinajstić information content (AvgIpc) is 2.72. The van der Waals surface area contributed by atoms with Gasteiger partial charge in [-0.15, -0.1) is 0 Å². The minimum absolute atomic E-state index is 0.0688. The Labute approximate surface area is 159 Å². The first-order valence-electron chi connectivity index (χ1n) is 9.16. The van der Waals surface area contributed by atoms with E-state index in [2.05, 4.69) is 32.3 Å². The maximum atomic E-state index is 12.7. The van der Waals surface area contributed by atoms with E-state index in [1.165, 1.54) is 5.56 Å². The quantitative estimate of drug-likeness (QED) is 0.850. The molecule has 1 atom stereocenters. The first kappa shape index (κ1) is 19.0. The van der Waals surface area contributed by atoms with Crippen molar-refractivity contribution in [3.8, 4) is 0 Å². The number of benzene rings is 1. The van der Waals surface area contributed by atoms with Crippen LogP contribution in [0.3, 0.4) is 0 Å². The largest absolute Gasteiger partial charge is 0.358 e. The van der Waals surface area contributed by atoms with Gasteiger partial charge in [0.25, 0.3) is 5.91 Å². The van der Waals surface area contributed by atoms with Gasteiger partial charge in [0, 0.05) is 45.6 Å². The summed E-state index contributed by atoms with van der Waals surface area (Å²) in [5.74, 6) is 0.424. The van der Waals surface area contributed by atoms with Gasteiger partial charge in [0.15, 0.2) is 0 Å². The lowest BCUT2D eigenvalue weighted by atomic mass is 10.1. The van der Waals surface area contributed by atoms with Crippen molar-refractivity contribution in [2.75, 3.05) is 33.2 Å². The van der Waals surface area contributed by atoms with Crippen LogP contribution in [0.2, 0.25) is 0 Å². The summed E-state index contributed by atoms with van der Waals surface area (Å²) in [6.45, 7) is 4.15. The number of carbonyl (C=O) groups is 2. The molecule has 1 saturated heterocycles. The summed E-state index contributed by atoms with van der Waals surface area (Å²) in [5, 5.41) is 2.73. The van der Waals surface area contributed by atoms with Gasteiger partial charge < -0.3 is 10.2 Å². The standard InChI is InChI=1S/C20H25N5O2/c1-15-22-12-17(13-23-15)20(27)25-11-10-24(18(14-25)19(26)21-2)9-8-16-6-4-3-5-7-16/h3-7,12-13,18H,8-11,14H2,1-2H3,(H,21,26). The highest BCUT2D eigenvalue weighted by Gasteiger charge is 2.34. The molecule has 2 aromatic rings. The minimum atomic E-state index is -0.359. The molecule has 1 fully saturated rings. The van der Waals surface area contributed by atoms with Crippen molar-refractivity contribution >= 4 is 11.8 Å². The topological polar surface area (TPSA) is 78.4 Å². The lowest BCUT2D eigenvalue weighted by Gasteiger charge is -2.40. The first-order chi connectivity index (χ1) is 13.1. The fourth-order valence-electron chi connectivity index (χ4n) is 3.29. The van der Waals surface area contributed by atoms with Crippen LogP contribution in [-0.4, -0.2) is 70.9 Å². The highest BCUT2D eigenvalue weighted by Crippen LogP contribution is 2.14. The Balaban J connectivity index is 1.67. The van der Waals surface area contributed by atoms with E-state index < -0.39 is 0 Å². The number of hydrogen-bond donors (Lipinski definition) is 1. The van der Waals surface area contributed by atoms with Crippen molar-refractivity contribution in [3.63, 3.8) is 0 Å². The number of rotatable bonds is 5. The van der Waals surface area contributed by atoms with E-state index in [1.807, 2.05) is 18.2 Å². The maximum Gasteiger partial charge on any atom is 0.257 e. The number of aryl methyl sites for hydroxylation is 1. The predicted molar refractivity (Wildman–Crippen MR) is 102 cm³/mol. The van der Waals surface area contributed by atoms with Gasteiger partial charge in [0.2, 0.25) is 5.91 Å². The average molecular weight is 367 g/mol. The molecule has 1 N–H and O–H groups in total. The van der Waals surface area contributed by atoms with Crippen LogP contribution in [0, 0.1) is 6.92 Å². The lowest BCUT2D eigenvalue weighted by molar-refractivity contribution is -0.127. The first-order valence-corrected chi connectivity index (χ1v) is 9.16. The van der Waals surface area contributed by atoms with E-state index in [0.29, 0.717) is 31.0 Å². The Kier molecular flexibility index (Phi) is 6.13. The Hall–Kier alpha value is -2.80. The van der Waals surface area contributed by atoms with Crippen LogP contribution in [-0.2, 0) is 11.2 Å². The van der Waals surface area contributed by atoms with Gasteiger partial charge in [-0.3, -0.25) is 14.5 Å². The van der Waals surface area contributed by atoms with Crippen LogP contribution in [0.1, 0.15) is 21.7 Å². The number of likely N-dealkylation sites (N-methyl/N-ethyl adjacent to an activating group) is 1. The molecular formula is C20H25N5O2. The van der Waals surface area contributed by atoms with E-state index in [1.54, 1.807) is 31.3 Å². The molecule has 7 nitrogen and oxygen atoms in total. The maximum absolute atomic E-state index is 12.7. The summed E-state index contributed by atoms with van der Waals surface area (Å²) >= 11 is 0. The molecule has 1 aromatic carbocycles. The van der Waals surface area contributed by atoms with Crippen molar-refractivity contribution < 1.29 is 9.59 Å². The number of amides is 2. The molecule has 7 heteroatoms. The number of aromatic nitrogens is 2. The number of carbonyl (C=O) groups excluding carboxylic acids is 2. The summed E-state index contributed by atoms with van der Waals surface area (Å²) in [4.78, 5) is 37.2. The second-order valence-corrected chi connectivity index (χ2v) is 6.67. The number of nitrogens with one attached hydrogen (secondary N) is 1. The molecule has 27 heavy (non-hydrogen) atoms. The van der Waals surface area contributed by atoms with E-state index in [0.717, 1.165) is 13.0 Å². The molecule has 1 aromatic heterocycles. The zero-order chi connectivity index (χ0) is 19.2. The van der Waals surface area contributed by atoms with Crippen molar-refractivity contribution in [3.05, 3.63) is 59.7 Å². The smallest absolute Gasteiger partial charge is 0.257 e. The molecule has 0 saturated carbocycles. The number of nitrogens with zero attached hydrogens (tertiary/aromatic N) is 4. The second kappa shape index (κ2) is 8.73. The minimum Gasteiger partial charge on any atom is -0.358 e. The van der Waals surface area contributed by atoms with Crippen molar-refractivity contribution in [2.45, 2.75) is 19.4 Å². The summed E-state index contributed by atoms with van der Waals surface area (Å²) in [5.41, 5.74) is 1.69. The summed E-state index contributed by atoms with van der Waals surface area (Å²) in [6.07, 6.45) is 3.96. The monoisotopic (exact) mass is 367 g/mol. The molecule has 0 spiro atoms. The van der Waals surface area contributed by atoms with Gasteiger partial charge in [-0.05, 0) is 18.9 Å². The number of piperazine rings is 1. The normalized spacial score (nSPS) is 17.6. The van der Waals surface area contributed by atoms with Crippen molar-refractivity contribution in [1.29, 1.82) is 0 Å². The van der Waals surface area contributed by atoms with Crippen molar-refractivity contribution in [1.82, 2.24) is 25.1 Å². The molecule has 3 rings (SSSR count). The summed E-state index contributed by atoms with van der Waals surface area (Å²) in [7, 11) is 1.63. The zero-order valence-electron chi connectivity index (χ0n) is 15.8. The van der Waals surface area contributed by atoms with E-state index in [9.17, 15) is 9.59 Å². The Morgan fingerprint density at radius 3 is 2.52 bits per heavy atom. The van der Waals surface area contributed by atoms with Crippen LogP contribution in [0.4, 0.5) is 0 Å². The van der Waals surface area contributed by atoms with Gasteiger partial charge in [-0.25, -0.2) is 9.97 Å². The Morgan fingerprint density at radius 1 is 1.15 bits per heavy atom. The zero-order valence-corrected chi connectivity index (χ0v) is 15.8. The van der Waals surface area contributed by atoms with E-state index in [4.69, 9.17) is 0 Å². The second-order valence-electron chi connectivity index (χ2n) is 6.67. The summed E-state index contributed by atoms with van der Waals surface area (Å²) < 4.78 is 0. The van der Waals surface area contributed by atoms with Gasteiger partial charge >= 0.3 is 0 Å². The van der Waals surface area contributed by atoms with Crippen molar-refractivity contribution in [2.24, 2.45) is 0 Å². The highest BCUT2D eigenvalue weighted by molar-refractivity contribution is 5.94. The predicted octanol–water partition coefficient (Wildman–Crippen LogP) is 0.900. The molecule has 0 aliphatic carbocycles. The van der Waals surface area contributed by atoms with Crippen LogP contribution in [0.15, 0.2) is 42.7 Å².